The lowest BCUT2D eigenvalue weighted by atomic mass is 9.87. The van der Waals surface area contributed by atoms with E-state index in [1.54, 1.807) is 25.2 Å². The molecule has 1 heterocycles. The Morgan fingerprint density at radius 1 is 1.07 bits per heavy atom. The standard InChI is InChI=1S/C23H19NO3/c1-24-19-8-3-2-7-18(19)23(27,22(24)26)13-20(25)17-11-15-6-4-5-14-9-10-16(12-17)21(14)15/h2-8,11-12,27H,9-10,13H2,1H3. The van der Waals surface area contributed by atoms with Crippen LogP contribution in [0.25, 0.3) is 10.8 Å². The van der Waals surface area contributed by atoms with E-state index in [0.717, 1.165) is 18.2 Å². The quantitative estimate of drug-likeness (QED) is 0.731. The van der Waals surface area contributed by atoms with E-state index >= 15 is 0 Å². The van der Waals surface area contributed by atoms with Crippen LogP contribution in [0.15, 0.2) is 54.6 Å². The fourth-order valence-corrected chi connectivity index (χ4v) is 4.56. The van der Waals surface area contributed by atoms with Crippen molar-refractivity contribution in [2.45, 2.75) is 24.9 Å². The summed E-state index contributed by atoms with van der Waals surface area (Å²) >= 11 is 0. The van der Waals surface area contributed by atoms with E-state index in [1.807, 2.05) is 30.3 Å². The largest absolute Gasteiger partial charge is 0.375 e. The zero-order valence-corrected chi connectivity index (χ0v) is 15.0. The molecular formula is C23H19NO3. The van der Waals surface area contributed by atoms with Gasteiger partial charge in [-0.25, -0.2) is 0 Å². The Morgan fingerprint density at radius 3 is 2.70 bits per heavy atom. The summed E-state index contributed by atoms with van der Waals surface area (Å²) in [7, 11) is 1.63. The zero-order chi connectivity index (χ0) is 18.8. The summed E-state index contributed by atoms with van der Waals surface area (Å²) < 4.78 is 0. The zero-order valence-electron chi connectivity index (χ0n) is 15.0. The van der Waals surface area contributed by atoms with Gasteiger partial charge in [-0.05, 0) is 52.9 Å². The Morgan fingerprint density at radius 2 is 1.85 bits per heavy atom. The highest BCUT2D eigenvalue weighted by Crippen LogP contribution is 2.42. The van der Waals surface area contributed by atoms with Crippen LogP contribution in [0.4, 0.5) is 5.69 Å². The molecule has 0 fully saturated rings. The third-order valence-corrected chi connectivity index (χ3v) is 5.92. The number of carbonyl (C=O) groups excluding carboxylic acids is 2. The lowest BCUT2D eigenvalue weighted by Gasteiger charge is -2.21. The Kier molecular flexibility index (Phi) is 3.31. The summed E-state index contributed by atoms with van der Waals surface area (Å²) in [4.78, 5) is 27.2. The van der Waals surface area contributed by atoms with Gasteiger partial charge in [0.25, 0.3) is 5.91 Å². The van der Waals surface area contributed by atoms with Crippen LogP contribution in [0, 0.1) is 0 Å². The second-order valence-corrected chi connectivity index (χ2v) is 7.49. The molecule has 4 nitrogen and oxygen atoms in total. The first-order chi connectivity index (χ1) is 13.0. The van der Waals surface area contributed by atoms with Crippen molar-refractivity contribution in [1.82, 2.24) is 0 Å². The Labute approximate surface area is 157 Å². The molecule has 1 aliphatic heterocycles. The lowest BCUT2D eigenvalue weighted by Crippen LogP contribution is -2.40. The molecule has 27 heavy (non-hydrogen) atoms. The van der Waals surface area contributed by atoms with Gasteiger partial charge in [0.1, 0.15) is 0 Å². The van der Waals surface area contributed by atoms with Gasteiger partial charge in [-0.1, -0.05) is 36.4 Å². The van der Waals surface area contributed by atoms with Gasteiger partial charge in [0.15, 0.2) is 11.4 Å². The number of nitrogens with zero attached hydrogens (tertiary/aromatic N) is 1. The number of rotatable bonds is 3. The number of benzene rings is 3. The molecule has 3 aromatic rings. The van der Waals surface area contributed by atoms with Crippen molar-refractivity contribution in [2.75, 3.05) is 11.9 Å². The summed E-state index contributed by atoms with van der Waals surface area (Å²) in [6, 6.07) is 17.1. The van der Waals surface area contributed by atoms with Crippen LogP contribution in [0.1, 0.15) is 33.5 Å². The van der Waals surface area contributed by atoms with Gasteiger partial charge in [0.05, 0.1) is 12.1 Å². The lowest BCUT2D eigenvalue weighted by molar-refractivity contribution is -0.135. The fourth-order valence-electron chi connectivity index (χ4n) is 4.56. The molecule has 2 aliphatic rings. The first-order valence-electron chi connectivity index (χ1n) is 9.17. The van der Waals surface area contributed by atoms with Gasteiger partial charge in [-0.3, -0.25) is 9.59 Å². The molecule has 0 saturated heterocycles. The minimum atomic E-state index is -1.81. The number of fused-ring (bicyclic) bond motifs is 1. The van der Waals surface area contributed by atoms with Gasteiger partial charge < -0.3 is 10.0 Å². The average Bonchev–Trinajstić information content (AvgIpc) is 3.18. The molecule has 134 valence electrons. The van der Waals surface area contributed by atoms with Crippen molar-refractivity contribution in [3.05, 3.63) is 76.9 Å². The first kappa shape index (κ1) is 16.2. The van der Waals surface area contributed by atoms with Gasteiger partial charge in [-0.15, -0.1) is 0 Å². The van der Waals surface area contributed by atoms with E-state index in [0.29, 0.717) is 16.8 Å². The van der Waals surface area contributed by atoms with Crippen LogP contribution in [0.2, 0.25) is 0 Å². The highest BCUT2D eigenvalue weighted by molar-refractivity contribution is 6.11. The first-order valence-corrected chi connectivity index (χ1v) is 9.17. The van der Waals surface area contributed by atoms with Crippen molar-refractivity contribution < 1.29 is 14.7 Å². The Bertz CT molecular complexity index is 1130. The highest BCUT2D eigenvalue weighted by atomic mass is 16.3. The van der Waals surface area contributed by atoms with E-state index in [1.165, 1.54) is 21.4 Å². The van der Waals surface area contributed by atoms with E-state index < -0.39 is 11.5 Å². The van der Waals surface area contributed by atoms with Crippen LogP contribution >= 0.6 is 0 Å². The van der Waals surface area contributed by atoms with Crippen molar-refractivity contribution in [2.24, 2.45) is 0 Å². The van der Waals surface area contributed by atoms with Crippen LogP contribution < -0.4 is 4.90 Å². The molecule has 1 N–H and O–H groups in total. The molecule has 3 aromatic carbocycles. The van der Waals surface area contributed by atoms with Gasteiger partial charge in [0, 0.05) is 18.2 Å². The molecule has 0 spiro atoms. The van der Waals surface area contributed by atoms with E-state index in [9.17, 15) is 14.7 Å². The summed E-state index contributed by atoms with van der Waals surface area (Å²) in [5, 5.41) is 13.4. The van der Waals surface area contributed by atoms with E-state index in [4.69, 9.17) is 0 Å². The number of amides is 1. The molecule has 0 radical (unpaired) electrons. The third kappa shape index (κ3) is 2.20. The Hall–Kier alpha value is -2.98. The van der Waals surface area contributed by atoms with Crippen molar-refractivity contribution in [1.29, 1.82) is 0 Å². The minimum absolute atomic E-state index is 0.216. The maximum absolute atomic E-state index is 13.1. The van der Waals surface area contributed by atoms with Crippen LogP contribution in [0.5, 0.6) is 0 Å². The van der Waals surface area contributed by atoms with E-state index in [-0.39, 0.29) is 12.2 Å². The predicted octanol–water partition coefficient (Wildman–Crippen LogP) is 3.38. The van der Waals surface area contributed by atoms with Gasteiger partial charge >= 0.3 is 0 Å². The third-order valence-electron chi connectivity index (χ3n) is 5.92. The minimum Gasteiger partial charge on any atom is -0.375 e. The molecule has 1 atom stereocenters. The van der Waals surface area contributed by atoms with Crippen molar-refractivity contribution in [3.63, 3.8) is 0 Å². The van der Waals surface area contributed by atoms with Crippen LogP contribution in [-0.4, -0.2) is 23.8 Å². The van der Waals surface area contributed by atoms with Crippen molar-refractivity contribution in [3.8, 4) is 0 Å². The number of hydrogen-bond acceptors (Lipinski definition) is 3. The normalized spacial score (nSPS) is 20.4. The summed E-state index contributed by atoms with van der Waals surface area (Å²) in [6.45, 7) is 0. The molecule has 0 aromatic heterocycles. The average molecular weight is 357 g/mol. The monoisotopic (exact) mass is 357 g/mol. The maximum atomic E-state index is 13.1. The SMILES string of the molecule is CN1C(=O)C(O)(CC(=O)c2cc3c4c(cccc4c2)CC3)c2ccccc21. The van der Waals surface area contributed by atoms with E-state index in [2.05, 4.69) is 6.07 Å². The number of aliphatic hydroxyl groups is 1. The number of Topliss-reactive ketones (excluding diaryl/α,β-unsaturated/α-hetero) is 1. The predicted molar refractivity (Wildman–Crippen MR) is 104 cm³/mol. The fraction of sp³-hybridized carbons (Fsp3) is 0.217. The summed E-state index contributed by atoms with van der Waals surface area (Å²) in [5.41, 5.74) is 2.40. The van der Waals surface area contributed by atoms with Crippen LogP contribution in [-0.2, 0) is 23.2 Å². The molecule has 4 heteroatoms. The molecule has 1 unspecified atom stereocenters. The highest BCUT2D eigenvalue weighted by Gasteiger charge is 2.49. The number of ketones is 1. The topological polar surface area (TPSA) is 57.6 Å². The molecular weight excluding hydrogens is 338 g/mol. The van der Waals surface area contributed by atoms with Gasteiger partial charge in [0.2, 0.25) is 0 Å². The molecule has 0 saturated carbocycles. The van der Waals surface area contributed by atoms with Crippen molar-refractivity contribution >= 4 is 28.2 Å². The molecule has 1 aliphatic carbocycles. The molecule has 0 bridgehead atoms. The second-order valence-electron chi connectivity index (χ2n) is 7.49. The second kappa shape index (κ2) is 5.51. The number of hydrogen-bond donors (Lipinski definition) is 1. The number of carbonyl (C=O) groups is 2. The molecule has 1 amide bonds. The number of likely N-dealkylation sites (N-methyl/N-ethyl adjacent to an activating group) is 1. The van der Waals surface area contributed by atoms with Crippen LogP contribution in [0.3, 0.4) is 0 Å². The maximum Gasteiger partial charge on any atom is 0.263 e. The number of aryl methyl sites for hydroxylation is 2. The smallest absolute Gasteiger partial charge is 0.263 e. The summed E-state index contributed by atoms with van der Waals surface area (Å²) in [6.07, 6.45) is 1.66. The van der Waals surface area contributed by atoms with Gasteiger partial charge in [-0.2, -0.15) is 0 Å². The number of para-hydroxylation sites is 1. The summed E-state index contributed by atoms with van der Waals surface area (Å²) in [5.74, 6) is -0.670. The Balaban J connectivity index is 1.55. The number of anilines is 1. The molecule has 5 rings (SSSR count).